The highest BCUT2D eigenvalue weighted by Gasteiger charge is 2.24. The molecule has 3 N–H and O–H groups in total. The fraction of sp³-hybridized carbons (Fsp3) is 0.708. The van der Waals surface area contributed by atoms with E-state index in [1.54, 1.807) is 67.6 Å². The lowest BCUT2D eigenvalue weighted by molar-refractivity contribution is -0.140. The van der Waals surface area contributed by atoms with Crippen molar-refractivity contribution < 1.29 is 42.2 Å². The fourth-order valence-electron chi connectivity index (χ4n) is 7.51. The molecule has 0 radical (unpaired) electrons. The largest absolute Gasteiger partial charge is 0.479 e. The van der Waals surface area contributed by atoms with Gasteiger partial charge in [-0.15, -0.1) is 11.3 Å². The third-order valence-corrected chi connectivity index (χ3v) is 13.4. The Morgan fingerprint density at radius 1 is 0.649 bits per heavy atom. The van der Waals surface area contributed by atoms with Crippen molar-refractivity contribution in [3.8, 4) is 0 Å². The second kappa shape index (κ2) is 51.1. The molecule has 0 spiro atoms. The van der Waals surface area contributed by atoms with Gasteiger partial charge < -0.3 is 58.4 Å². The molecule has 29 heteroatoms. The summed E-state index contributed by atoms with van der Waals surface area (Å²) in [5.74, 6) is 9.81. The molecule has 13 heterocycles. The summed E-state index contributed by atoms with van der Waals surface area (Å²) in [6.07, 6.45) is 8.33. The predicted octanol–water partition coefficient (Wildman–Crippen LogP) is 10.8. The first-order chi connectivity index (χ1) is 42.8. The van der Waals surface area contributed by atoms with Gasteiger partial charge in [-0.05, 0) is 121 Å². The second-order valence-corrected chi connectivity index (χ2v) is 24.9. The number of nitrogens with zero attached hydrogens (tertiary/aromatic N) is 15. The zero-order valence-corrected chi connectivity index (χ0v) is 60.2. The number of likely N-dealkylation sites (tertiary alicyclic amines) is 1. The number of amides is 2. The van der Waals surface area contributed by atoms with Crippen molar-refractivity contribution in [3.05, 3.63) is 57.5 Å². The summed E-state index contributed by atoms with van der Waals surface area (Å²) in [7, 11) is 3.65. The Hall–Kier alpha value is -7.27. The number of hydrogen-bond acceptors (Lipinski definition) is 27. The Morgan fingerprint density at radius 2 is 1.35 bits per heavy atom. The van der Waals surface area contributed by atoms with Crippen LogP contribution in [0.4, 0.5) is 0 Å². The van der Waals surface area contributed by atoms with Crippen molar-refractivity contribution in [2.45, 2.75) is 209 Å². The SMILES string of the molecule is C.C.C.CC1=NC(C)(C)CO1.CC1=NC(C)CO1.CC1=NCC(C)(C)N1.CC1=NCC(C)N1.CC1=NCC(C)O1.CC1=NCCN1.CC1=NCCO1.CN1CCCCC1=O.CN1CCOCC1=O.Cc1ncco1.Cc1nccs1.Cc1noc(C)n1.Cc1nsc(C)n1. The van der Waals surface area contributed by atoms with Gasteiger partial charge in [0.15, 0.2) is 35.3 Å². The summed E-state index contributed by atoms with van der Waals surface area (Å²) in [5, 5.41) is 17.2. The van der Waals surface area contributed by atoms with Crippen LogP contribution in [0.3, 0.4) is 0 Å². The molecular weight excluding hydrogens is 1240 g/mol. The number of hydrogen-bond donors (Lipinski definition) is 3. The summed E-state index contributed by atoms with van der Waals surface area (Å²) in [4.78, 5) is 68.9. The Morgan fingerprint density at radius 3 is 1.53 bits per heavy atom. The number of ether oxygens (including phenoxy) is 5. The Balaban J connectivity index is -0.000000953. The minimum atomic E-state index is 0. The third kappa shape index (κ3) is 49.3. The molecule has 9 aliphatic heterocycles. The van der Waals surface area contributed by atoms with Crippen molar-refractivity contribution in [2.24, 2.45) is 34.9 Å². The second-order valence-electron chi connectivity index (χ2n) is 22.8. The molecule has 4 aromatic heterocycles. The fourth-order valence-corrected chi connectivity index (χ4v) is 8.43. The van der Waals surface area contributed by atoms with E-state index >= 15 is 0 Å². The van der Waals surface area contributed by atoms with Gasteiger partial charge in [-0.1, -0.05) is 27.4 Å². The van der Waals surface area contributed by atoms with E-state index in [1.807, 2.05) is 95.5 Å². The number of amidine groups is 3. The molecule has 2 amide bonds. The van der Waals surface area contributed by atoms with Crippen molar-refractivity contribution in [1.82, 2.24) is 55.2 Å². The number of thiazole rings is 1. The van der Waals surface area contributed by atoms with Gasteiger partial charge in [0.1, 0.15) is 49.6 Å². The number of nitrogens with one attached hydrogen (secondary N) is 3. The van der Waals surface area contributed by atoms with Crippen molar-refractivity contribution in [3.63, 3.8) is 0 Å². The lowest BCUT2D eigenvalue weighted by Crippen LogP contribution is -2.38. The minimum Gasteiger partial charge on any atom is -0.479 e. The highest BCUT2D eigenvalue weighted by atomic mass is 32.1. The number of carbonyl (C=O) groups excluding carboxylic acids is 2. The van der Waals surface area contributed by atoms with Gasteiger partial charge in [0, 0.05) is 99.3 Å². The number of carbonyl (C=O) groups is 2. The van der Waals surface area contributed by atoms with Crippen molar-refractivity contribution in [1.29, 1.82) is 0 Å². The van der Waals surface area contributed by atoms with Gasteiger partial charge >= 0.3 is 0 Å². The Labute approximate surface area is 571 Å². The van der Waals surface area contributed by atoms with Crippen LogP contribution in [0.1, 0.15) is 172 Å². The van der Waals surface area contributed by atoms with Crippen LogP contribution in [0.25, 0.3) is 0 Å². The lowest BCUT2D eigenvalue weighted by atomic mass is 10.1. The maximum Gasteiger partial charge on any atom is 0.248 e. The third-order valence-electron chi connectivity index (χ3n) is 12.0. The van der Waals surface area contributed by atoms with Crippen LogP contribution in [-0.2, 0) is 33.3 Å². The van der Waals surface area contributed by atoms with E-state index in [9.17, 15) is 9.59 Å². The average Bonchev–Trinajstić information content (AvgIpc) is 1.98. The molecule has 4 aromatic rings. The molecule has 2 fully saturated rings. The van der Waals surface area contributed by atoms with Crippen LogP contribution in [0, 0.1) is 41.5 Å². The molecule has 0 aromatic carbocycles. The maximum atomic E-state index is 10.7. The Kier molecular flexibility index (Phi) is 49.4. The monoisotopic (exact) mass is 1360 g/mol. The van der Waals surface area contributed by atoms with Crippen LogP contribution in [0.15, 0.2) is 67.9 Å². The lowest BCUT2D eigenvalue weighted by Gasteiger charge is -2.21. The van der Waals surface area contributed by atoms with Crippen LogP contribution in [0.2, 0.25) is 0 Å². The average molecular weight is 1360 g/mol. The molecule has 3 atom stereocenters. The van der Waals surface area contributed by atoms with Crippen LogP contribution in [0.5, 0.6) is 0 Å². The summed E-state index contributed by atoms with van der Waals surface area (Å²) in [6.45, 7) is 49.7. The van der Waals surface area contributed by atoms with Gasteiger partial charge in [0.25, 0.3) is 0 Å². The number of aromatic nitrogens is 6. The quantitative estimate of drug-likeness (QED) is 0.147. The normalized spacial score (nSPS) is 19.5. The number of likely N-dealkylation sites (N-methyl/N-ethyl adjacent to an activating group) is 1. The highest BCUT2D eigenvalue weighted by molar-refractivity contribution is 7.09. The van der Waals surface area contributed by atoms with Gasteiger partial charge in [0.05, 0.1) is 85.2 Å². The van der Waals surface area contributed by atoms with E-state index in [-0.39, 0.29) is 45.9 Å². The minimum absolute atomic E-state index is 0. The molecule has 27 nitrogen and oxygen atoms in total. The first-order valence-corrected chi connectivity index (χ1v) is 32.3. The molecule has 2 saturated heterocycles. The number of piperidine rings is 1. The first-order valence-electron chi connectivity index (χ1n) is 30.6. The Bertz CT molecular complexity index is 2670. The van der Waals surface area contributed by atoms with Gasteiger partial charge in [-0.25, -0.2) is 20.0 Å². The van der Waals surface area contributed by atoms with Gasteiger partial charge in [0.2, 0.25) is 17.7 Å². The van der Waals surface area contributed by atoms with Crippen molar-refractivity contribution in [2.75, 3.05) is 99.5 Å². The molecule has 9 aliphatic rings. The number of oxazole rings is 1. The van der Waals surface area contributed by atoms with Crippen molar-refractivity contribution >= 4 is 75.8 Å². The van der Waals surface area contributed by atoms with Crippen LogP contribution >= 0.6 is 22.9 Å². The number of rotatable bonds is 0. The highest BCUT2D eigenvalue weighted by Crippen LogP contribution is 2.16. The summed E-state index contributed by atoms with van der Waals surface area (Å²) in [6, 6.07) is 0.958. The maximum absolute atomic E-state index is 10.7. The zero-order chi connectivity index (χ0) is 68.4. The molecule has 94 heavy (non-hydrogen) atoms. The van der Waals surface area contributed by atoms with Gasteiger partial charge in [-0.2, -0.15) is 9.36 Å². The summed E-state index contributed by atoms with van der Waals surface area (Å²) >= 11 is 3.11. The summed E-state index contributed by atoms with van der Waals surface area (Å²) in [5.41, 5.74) is 0.244. The van der Waals surface area contributed by atoms with Crippen LogP contribution in [-0.4, -0.2) is 221 Å². The van der Waals surface area contributed by atoms with Crippen LogP contribution < -0.4 is 16.0 Å². The van der Waals surface area contributed by atoms with E-state index in [4.69, 9.17) is 28.1 Å². The first kappa shape index (κ1) is 90.9. The molecule has 0 aliphatic carbocycles. The number of morpholine rings is 1. The summed E-state index contributed by atoms with van der Waals surface area (Å²) < 4.78 is 38.3. The topological polar surface area (TPSA) is 313 Å². The number of aliphatic imine (C=N–C) groups is 7. The molecule has 3 unspecified atom stereocenters. The zero-order valence-electron chi connectivity index (χ0n) is 58.6. The molecule has 0 bridgehead atoms. The predicted molar refractivity (Wildman–Crippen MR) is 387 cm³/mol. The smallest absolute Gasteiger partial charge is 0.248 e. The van der Waals surface area contributed by atoms with E-state index in [0.717, 1.165) is 148 Å². The molecular formula is C65H120N18O9S2. The van der Waals surface area contributed by atoms with E-state index in [2.05, 4.69) is 120 Å². The molecule has 13 rings (SSSR count). The molecule has 536 valence electrons. The standard InChI is InChI=1S/C6H12N2.2C6H11NO.C5H10N2.C5H9NO2.2C5H9NO.C4H6N2O.C4H6N2S.C4H8N2.C4H7NO.C4H5NO.C4H5NS.3CH4/c1-5-7-4-6(2,3)8-5;1-5-7-6(2,3)4-8-5;1-7-5-3-2-4-6(7)8;1-4-3-6-5(2)7-4;1-6-2-3-8-4-5(6)7;1-4-3-7-5(2)6-4;1-4-3-6-5(2)7-4;2*1-3-5-4(2)7-6-3;4*1-4-5-2-3-6-4;;;/h4H2,1-3H3,(H,7,8);4H2,1-3H3;2-5H2,1H3;4H,3H2,1-2H3,(H,6,7);2-4H2,1H3;2*4H,3H2,1-2H3;2*1-2H3;2-3H2,1H3,(H,5,6);2-3H2,1H3;2*2-3H,1H3;3*1H4. The molecule has 0 saturated carbocycles. The van der Waals surface area contributed by atoms with E-state index < -0.39 is 0 Å². The van der Waals surface area contributed by atoms with E-state index in [0.29, 0.717) is 42.4 Å². The number of aryl methyl sites for hydroxylation is 6. The van der Waals surface area contributed by atoms with Gasteiger partial charge in [-0.3, -0.25) is 39.5 Å². The van der Waals surface area contributed by atoms with E-state index in [1.165, 1.54) is 18.0 Å².